The van der Waals surface area contributed by atoms with Crippen LogP contribution in [0.4, 0.5) is 0 Å². The summed E-state index contributed by atoms with van der Waals surface area (Å²) in [5, 5.41) is 0. The SMILES string of the molecule is C[SiH](C)OCC(ON)c1cccc(C(C)(C)C)n1. The Bertz CT molecular complexity index is 377. The summed E-state index contributed by atoms with van der Waals surface area (Å²) in [5.41, 5.74) is 1.88. The van der Waals surface area contributed by atoms with E-state index in [-0.39, 0.29) is 11.5 Å². The third-order valence-corrected chi connectivity index (χ3v) is 3.47. The minimum absolute atomic E-state index is 0.0167. The maximum absolute atomic E-state index is 5.67. The monoisotopic (exact) mass is 268 g/mol. The molecule has 0 aliphatic heterocycles. The summed E-state index contributed by atoms with van der Waals surface area (Å²) in [7, 11) is -1.07. The standard InChI is InChI=1S/C13H24N2O2Si/c1-13(2,3)12-8-6-7-10(15-12)11(17-14)9-16-18(4)5/h6-8,11,18H,9,14H2,1-5H3. The molecule has 0 fully saturated rings. The molecular weight excluding hydrogens is 244 g/mol. The van der Waals surface area contributed by atoms with E-state index in [0.717, 1.165) is 11.4 Å². The molecule has 1 aromatic heterocycles. The molecule has 1 atom stereocenters. The number of pyridine rings is 1. The van der Waals surface area contributed by atoms with Crippen molar-refractivity contribution in [2.45, 2.75) is 45.4 Å². The van der Waals surface area contributed by atoms with Crippen LogP contribution in [0.2, 0.25) is 13.1 Å². The molecule has 1 aromatic rings. The average molecular weight is 268 g/mol. The Morgan fingerprint density at radius 3 is 2.50 bits per heavy atom. The fourth-order valence-corrected chi connectivity index (χ4v) is 2.08. The molecule has 0 bridgehead atoms. The van der Waals surface area contributed by atoms with Crippen LogP contribution in [0.5, 0.6) is 0 Å². The number of nitrogens with two attached hydrogens (primary N) is 1. The van der Waals surface area contributed by atoms with Crippen molar-refractivity contribution in [1.29, 1.82) is 0 Å². The zero-order chi connectivity index (χ0) is 13.8. The van der Waals surface area contributed by atoms with Crippen LogP contribution in [0.3, 0.4) is 0 Å². The van der Waals surface area contributed by atoms with Gasteiger partial charge in [-0.25, -0.2) is 5.90 Å². The van der Waals surface area contributed by atoms with Crippen LogP contribution in [0.15, 0.2) is 18.2 Å². The Hall–Kier alpha value is -0.753. The van der Waals surface area contributed by atoms with Gasteiger partial charge in [0.1, 0.15) is 6.10 Å². The molecule has 1 unspecified atom stereocenters. The topological polar surface area (TPSA) is 57.4 Å². The second kappa shape index (κ2) is 6.42. The number of rotatable bonds is 5. The molecule has 18 heavy (non-hydrogen) atoms. The van der Waals surface area contributed by atoms with E-state index in [1.807, 2.05) is 18.2 Å². The summed E-state index contributed by atoms with van der Waals surface area (Å²) < 4.78 is 5.67. The third kappa shape index (κ3) is 4.49. The van der Waals surface area contributed by atoms with Crippen LogP contribution in [-0.2, 0) is 14.7 Å². The quantitative estimate of drug-likeness (QED) is 0.657. The van der Waals surface area contributed by atoms with Gasteiger partial charge >= 0.3 is 0 Å². The van der Waals surface area contributed by atoms with E-state index in [2.05, 4.69) is 38.8 Å². The smallest absolute Gasteiger partial charge is 0.171 e. The molecule has 0 radical (unpaired) electrons. The van der Waals surface area contributed by atoms with Gasteiger partial charge in [-0.3, -0.25) is 9.82 Å². The van der Waals surface area contributed by atoms with Gasteiger partial charge in [0, 0.05) is 11.1 Å². The van der Waals surface area contributed by atoms with Gasteiger partial charge in [0.15, 0.2) is 9.04 Å². The first kappa shape index (κ1) is 15.3. The maximum atomic E-state index is 5.67. The van der Waals surface area contributed by atoms with E-state index >= 15 is 0 Å². The van der Waals surface area contributed by atoms with Crippen LogP contribution >= 0.6 is 0 Å². The van der Waals surface area contributed by atoms with E-state index in [0.29, 0.717) is 6.61 Å². The lowest BCUT2D eigenvalue weighted by Gasteiger charge is -2.21. The molecule has 0 aromatic carbocycles. The average Bonchev–Trinajstić information content (AvgIpc) is 2.29. The van der Waals surface area contributed by atoms with Crippen LogP contribution in [0, 0.1) is 0 Å². The van der Waals surface area contributed by atoms with Crippen molar-refractivity contribution in [1.82, 2.24) is 4.98 Å². The summed E-state index contributed by atoms with van der Waals surface area (Å²) in [4.78, 5) is 9.61. The van der Waals surface area contributed by atoms with Crippen molar-refractivity contribution in [3.8, 4) is 0 Å². The number of aromatic nitrogens is 1. The van der Waals surface area contributed by atoms with Gasteiger partial charge in [0.05, 0.1) is 12.3 Å². The van der Waals surface area contributed by atoms with Crippen molar-refractivity contribution < 1.29 is 9.26 Å². The van der Waals surface area contributed by atoms with Gasteiger partial charge in [-0.05, 0) is 25.2 Å². The van der Waals surface area contributed by atoms with E-state index in [9.17, 15) is 0 Å². The van der Waals surface area contributed by atoms with Crippen molar-refractivity contribution in [2.75, 3.05) is 6.61 Å². The summed E-state index contributed by atoms with van der Waals surface area (Å²) in [6, 6.07) is 5.94. The van der Waals surface area contributed by atoms with Crippen LogP contribution in [0.1, 0.15) is 38.3 Å². The van der Waals surface area contributed by atoms with Crippen LogP contribution < -0.4 is 5.90 Å². The minimum Gasteiger partial charge on any atom is -0.417 e. The molecule has 0 aliphatic carbocycles. The summed E-state index contributed by atoms with van der Waals surface area (Å²) in [5.74, 6) is 5.35. The molecule has 0 saturated carbocycles. The van der Waals surface area contributed by atoms with Gasteiger partial charge in [-0.15, -0.1) is 0 Å². The lowest BCUT2D eigenvalue weighted by molar-refractivity contribution is 0.0149. The van der Waals surface area contributed by atoms with E-state index in [4.69, 9.17) is 15.2 Å². The highest BCUT2D eigenvalue weighted by Gasteiger charge is 2.19. The van der Waals surface area contributed by atoms with E-state index < -0.39 is 9.04 Å². The first-order valence-electron chi connectivity index (χ1n) is 6.29. The summed E-state index contributed by atoms with van der Waals surface area (Å²) >= 11 is 0. The highest BCUT2D eigenvalue weighted by molar-refractivity contribution is 6.48. The molecule has 0 spiro atoms. The van der Waals surface area contributed by atoms with Gasteiger partial charge < -0.3 is 4.43 Å². The molecule has 1 rings (SSSR count). The lowest BCUT2D eigenvalue weighted by Crippen LogP contribution is -2.22. The van der Waals surface area contributed by atoms with Crippen molar-refractivity contribution in [2.24, 2.45) is 5.90 Å². The molecule has 4 nitrogen and oxygen atoms in total. The van der Waals surface area contributed by atoms with E-state index in [1.54, 1.807) is 0 Å². The zero-order valence-corrected chi connectivity index (χ0v) is 13.1. The Balaban J connectivity index is 2.86. The molecule has 0 amide bonds. The minimum atomic E-state index is -1.07. The summed E-state index contributed by atoms with van der Waals surface area (Å²) in [6.45, 7) is 11.1. The number of nitrogens with zero attached hydrogens (tertiary/aromatic N) is 1. The third-order valence-electron chi connectivity index (χ3n) is 2.61. The largest absolute Gasteiger partial charge is 0.417 e. The van der Waals surface area contributed by atoms with Gasteiger partial charge in [-0.2, -0.15) is 0 Å². The summed E-state index contributed by atoms with van der Waals surface area (Å²) in [6.07, 6.45) is -0.290. The van der Waals surface area contributed by atoms with Gasteiger partial charge in [-0.1, -0.05) is 26.8 Å². The highest BCUT2D eigenvalue weighted by atomic mass is 28.3. The predicted molar refractivity (Wildman–Crippen MR) is 75.8 cm³/mol. The number of hydrogen-bond donors (Lipinski definition) is 1. The van der Waals surface area contributed by atoms with Gasteiger partial charge in [0.25, 0.3) is 0 Å². The zero-order valence-electron chi connectivity index (χ0n) is 11.9. The molecule has 102 valence electrons. The molecule has 0 saturated heterocycles. The lowest BCUT2D eigenvalue weighted by atomic mass is 9.91. The maximum Gasteiger partial charge on any atom is 0.171 e. The molecule has 5 heteroatoms. The van der Waals surface area contributed by atoms with Crippen molar-refractivity contribution >= 4 is 9.04 Å². The predicted octanol–water partition coefficient (Wildman–Crippen LogP) is 2.31. The van der Waals surface area contributed by atoms with Crippen molar-refractivity contribution in [3.63, 3.8) is 0 Å². The fourth-order valence-electron chi connectivity index (χ4n) is 1.52. The molecule has 2 N–H and O–H groups in total. The Kier molecular flexibility index (Phi) is 5.46. The molecule has 0 aliphatic rings. The van der Waals surface area contributed by atoms with Crippen molar-refractivity contribution in [3.05, 3.63) is 29.6 Å². The van der Waals surface area contributed by atoms with Gasteiger partial charge in [0.2, 0.25) is 0 Å². The van der Waals surface area contributed by atoms with Crippen LogP contribution in [-0.4, -0.2) is 20.6 Å². The first-order chi connectivity index (χ1) is 8.34. The Morgan fingerprint density at radius 2 is 2.00 bits per heavy atom. The Labute approximate surface area is 111 Å². The normalized spacial score (nSPS) is 13.9. The second-order valence-electron chi connectivity index (χ2n) is 5.70. The molecule has 1 heterocycles. The fraction of sp³-hybridized carbons (Fsp3) is 0.615. The second-order valence-corrected chi connectivity index (χ2v) is 8.14. The Morgan fingerprint density at radius 1 is 1.33 bits per heavy atom. The first-order valence-corrected chi connectivity index (χ1v) is 9.07. The highest BCUT2D eigenvalue weighted by Crippen LogP contribution is 2.22. The molecular formula is C13H24N2O2Si. The van der Waals surface area contributed by atoms with Crippen LogP contribution in [0.25, 0.3) is 0 Å². The number of hydrogen-bond acceptors (Lipinski definition) is 4. The van der Waals surface area contributed by atoms with E-state index in [1.165, 1.54) is 0 Å².